The Kier molecular flexibility index (Phi) is 5.97. The van der Waals surface area contributed by atoms with E-state index < -0.39 is 0 Å². The van der Waals surface area contributed by atoms with Crippen molar-refractivity contribution in [3.8, 4) is 16.9 Å². The van der Waals surface area contributed by atoms with Crippen LogP contribution in [0.25, 0.3) is 17.2 Å². The highest BCUT2D eigenvalue weighted by Gasteiger charge is 2.09. The summed E-state index contributed by atoms with van der Waals surface area (Å²) in [6.45, 7) is 0. The molecule has 3 nitrogen and oxygen atoms in total. The standard InChI is InChI=1S/C26H18O3S/c27-24(22-13-11-21(12-14-22)20-5-2-1-3-6-20)17-10-19-8-15-23(16-9-19)29-26(28)25-7-4-18-30-25/h1-18H. The molecule has 0 aliphatic rings. The highest BCUT2D eigenvalue weighted by molar-refractivity contribution is 7.12. The number of rotatable bonds is 6. The first-order valence-electron chi connectivity index (χ1n) is 9.43. The van der Waals surface area contributed by atoms with Crippen LogP contribution in [0, 0.1) is 0 Å². The molecule has 1 heterocycles. The first-order valence-corrected chi connectivity index (χ1v) is 10.3. The predicted molar refractivity (Wildman–Crippen MR) is 121 cm³/mol. The fourth-order valence-corrected chi connectivity index (χ4v) is 3.52. The van der Waals surface area contributed by atoms with Gasteiger partial charge in [0.1, 0.15) is 10.6 Å². The lowest BCUT2D eigenvalue weighted by atomic mass is 10.0. The largest absolute Gasteiger partial charge is 0.422 e. The van der Waals surface area contributed by atoms with Crippen LogP contribution in [-0.2, 0) is 0 Å². The third-order valence-electron chi connectivity index (χ3n) is 4.52. The Bertz CT molecular complexity index is 1160. The molecule has 0 atom stereocenters. The maximum Gasteiger partial charge on any atom is 0.353 e. The third-order valence-corrected chi connectivity index (χ3v) is 5.37. The highest BCUT2D eigenvalue weighted by atomic mass is 32.1. The Labute approximate surface area is 178 Å². The molecule has 30 heavy (non-hydrogen) atoms. The smallest absolute Gasteiger partial charge is 0.353 e. The molecule has 3 aromatic carbocycles. The molecule has 0 N–H and O–H groups in total. The van der Waals surface area contributed by atoms with Crippen molar-refractivity contribution in [1.82, 2.24) is 0 Å². The van der Waals surface area contributed by atoms with Crippen molar-refractivity contribution in [3.05, 3.63) is 118 Å². The molecule has 0 saturated carbocycles. The van der Waals surface area contributed by atoms with Crippen LogP contribution in [0.1, 0.15) is 25.6 Å². The summed E-state index contributed by atoms with van der Waals surface area (Å²) in [5.41, 5.74) is 3.67. The lowest BCUT2D eigenvalue weighted by molar-refractivity contribution is 0.0739. The summed E-state index contributed by atoms with van der Waals surface area (Å²) >= 11 is 1.34. The molecule has 4 heteroatoms. The van der Waals surface area contributed by atoms with E-state index in [1.165, 1.54) is 11.3 Å². The number of allylic oxidation sites excluding steroid dienone is 1. The van der Waals surface area contributed by atoms with Crippen molar-refractivity contribution in [3.63, 3.8) is 0 Å². The second kappa shape index (κ2) is 9.16. The molecule has 0 bridgehead atoms. The summed E-state index contributed by atoms with van der Waals surface area (Å²) in [7, 11) is 0. The molecule has 146 valence electrons. The summed E-state index contributed by atoms with van der Waals surface area (Å²) < 4.78 is 5.34. The number of ether oxygens (including phenoxy) is 1. The molecule has 0 aliphatic heterocycles. The van der Waals surface area contributed by atoms with Gasteiger partial charge in [0.25, 0.3) is 0 Å². The average Bonchev–Trinajstić information content (AvgIpc) is 3.34. The van der Waals surface area contributed by atoms with Crippen LogP contribution < -0.4 is 4.74 Å². The SMILES string of the molecule is O=C(C=Cc1ccc(OC(=O)c2cccs2)cc1)c1ccc(-c2ccccc2)cc1. The second-order valence-corrected chi connectivity index (χ2v) is 7.52. The molecule has 0 spiro atoms. The van der Waals surface area contributed by atoms with Gasteiger partial charge in [0.2, 0.25) is 0 Å². The van der Waals surface area contributed by atoms with Crippen molar-refractivity contribution in [1.29, 1.82) is 0 Å². The van der Waals surface area contributed by atoms with Gasteiger partial charge < -0.3 is 4.74 Å². The van der Waals surface area contributed by atoms with Crippen molar-refractivity contribution >= 4 is 29.2 Å². The van der Waals surface area contributed by atoms with E-state index in [1.54, 1.807) is 48.6 Å². The second-order valence-electron chi connectivity index (χ2n) is 6.58. The van der Waals surface area contributed by atoms with Crippen LogP contribution in [0.5, 0.6) is 5.75 Å². The number of ketones is 1. The number of thiophene rings is 1. The van der Waals surface area contributed by atoms with Crippen molar-refractivity contribution in [2.75, 3.05) is 0 Å². The molecule has 0 aliphatic carbocycles. The highest BCUT2D eigenvalue weighted by Crippen LogP contribution is 2.20. The predicted octanol–water partition coefficient (Wildman–Crippen LogP) is 6.53. The lowest BCUT2D eigenvalue weighted by Gasteiger charge is -2.03. The zero-order valence-corrected chi connectivity index (χ0v) is 16.8. The normalized spacial score (nSPS) is 10.8. The lowest BCUT2D eigenvalue weighted by Crippen LogP contribution is -2.05. The van der Waals surface area contributed by atoms with Crippen molar-refractivity contribution in [2.24, 2.45) is 0 Å². The zero-order valence-electron chi connectivity index (χ0n) is 16.0. The van der Waals surface area contributed by atoms with E-state index in [0.717, 1.165) is 16.7 Å². The Balaban J connectivity index is 1.38. The molecule has 0 fully saturated rings. The minimum Gasteiger partial charge on any atom is -0.422 e. The number of esters is 1. The molecular formula is C26H18O3S. The summed E-state index contributed by atoms with van der Waals surface area (Å²) in [6, 6.07) is 28.2. The summed E-state index contributed by atoms with van der Waals surface area (Å²) in [6.07, 6.45) is 3.29. The average molecular weight is 410 g/mol. The van der Waals surface area contributed by atoms with Crippen LogP contribution in [0.4, 0.5) is 0 Å². The monoisotopic (exact) mass is 410 g/mol. The fourth-order valence-electron chi connectivity index (χ4n) is 2.92. The minimum atomic E-state index is -0.373. The molecule has 4 rings (SSSR count). The van der Waals surface area contributed by atoms with Gasteiger partial charge in [0, 0.05) is 5.56 Å². The number of hydrogen-bond donors (Lipinski definition) is 0. The Morgan fingerprint density at radius 2 is 1.43 bits per heavy atom. The Morgan fingerprint density at radius 3 is 2.10 bits per heavy atom. The van der Waals surface area contributed by atoms with Gasteiger partial charge in [-0.2, -0.15) is 0 Å². The molecule has 0 unspecified atom stereocenters. The minimum absolute atomic E-state index is 0.0668. The molecule has 0 amide bonds. The van der Waals surface area contributed by atoms with Gasteiger partial charge in [-0.1, -0.05) is 78.9 Å². The van der Waals surface area contributed by atoms with Gasteiger partial charge in [-0.25, -0.2) is 4.79 Å². The molecule has 4 aromatic rings. The summed E-state index contributed by atoms with van der Waals surface area (Å²) in [4.78, 5) is 25.0. The zero-order chi connectivity index (χ0) is 20.8. The molecular weight excluding hydrogens is 392 g/mol. The van der Waals surface area contributed by atoms with Crippen LogP contribution >= 0.6 is 11.3 Å². The fraction of sp³-hybridized carbons (Fsp3) is 0. The van der Waals surface area contributed by atoms with E-state index in [0.29, 0.717) is 16.2 Å². The van der Waals surface area contributed by atoms with Crippen LogP contribution in [-0.4, -0.2) is 11.8 Å². The van der Waals surface area contributed by atoms with Crippen LogP contribution in [0.15, 0.2) is 102 Å². The van der Waals surface area contributed by atoms with E-state index >= 15 is 0 Å². The van der Waals surface area contributed by atoms with E-state index in [2.05, 4.69) is 0 Å². The van der Waals surface area contributed by atoms with Gasteiger partial charge >= 0.3 is 5.97 Å². The number of hydrogen-bond acceptors (Lipinski definition) is 4. The first kappa shape index (κ1) is 19.6. The third kappa shape index (κ3) is 4.80. The van der Waals surface area contributed by atoms with Crippen molar-refractivity contribution in [2.45, 2.75) is 0 Å². The number of benzene rings is 3. The molecule has 0 saturated heterocycles. The van der Waals surface area contributed by atoms with E-state index in [-0.39, 0.29) is 11.8 Å². The Hall–Kier alpha value is -3.76. The Morgan fingerprint density at radius 1 is 0.733 bits per heavy atom. The summed E-state index contributed by atoms with van der Waals surface area (Å²) in [5, 5.41) is 1.83. The van der Waals surface area contributed by atoms with E-state index in [1.807, 2.05) is 60.0 Å². The topological polar surface area (TPSA) is 43.4 Å². The van der Waals surface area contributed by atoms with Gasteiger partial charge in [-0.3, -0.25) is 4.79 Å². The van der Waals surface area contributed by atoms with E-state index in [9.17, 15) is 9.59 Å². The van der Waals surface area contributed by atoms with Gasteiger partial charge in [0.05, 0.1) is 0 Å². The molecule has 1 aromatic heterocycles. The van der Waals surface area contributed by atoms with Gasteiger partial charge in [-0.05, 0) is 46.3 Å². The quantitative estimate of drug-likeness (QED) is 0.157. The van der Waals surface area contributed by atoms with E-state index in [4.69, 9.17) is 4.74 Å². The van der Waals surface area contributed by atoms with Crippen LogP contribution in [0.2, 0.25) is 0 Å². The summed E-state index contributed by atoms with van der Waals surface area (Å²) in [5.74, 6) is 0.0265. The van der Waals surface area contributed by atoms with Gasteiger partial charge in [0.15, 0.2) is 5.78 Å². The number of carbonyl (C=O) groups is 2. The van der Waals surface area contributed by atoms with Gasteiger partial charge in [-0.15, -0.1) is 11.3 Å². The van der Waals surface area contributed by atoms with Crippen LogP contribution in [0.3, 0.4) is 0 Å². The molecule has 0 radical (unpaired) electrons. The first-order chi connectivity index (χ1) is 14.7. The maximum absolute atomic E-state index is 12.5. The maximum atomic E-state index is 12.5. The van der Waals surface area contributed by atoms with Crippen molar-refractivity contribution < 1.29 is 14.3 Å². The number of carbonyl (C=O) groups excluding carboxylic acids is 2.